The zero-order valence-electron chi connectivity index (χ0n) is 65.1. The van der Waals surface area contributed by atoms with Crippen LogP contribution in [0.1, 0.15) is 106 Å². The second-order valence-corrected chi connectivity index (χ2v) is 35.3. The van der Waals surface area contributed by atoms with Crippen LogP contribution in [-0.2, 0) is 57.4 Å². The summed E-state index contributed by atoms with van der Waals surface area (Å²) in [7, 11) is -5.81. The fraction of sp³-hybridized carbons (Fsp3) is 0.512. The van der Waals surface area contributed by atoms with Gasteiger partial charge in [-0.25, -0.2) is 13.4 Å². The molecule has 6 aromatic rings. The van der Waals surface area contributed by atoms with Crippen LogP contribution < -0.4 is 30.9 Å². The first-order valence-electron chi connectivity index (χ1n) is 38.5. The van der Waals surface area contributed by atoms with E-state index in [1.165, 1.54) is 35.0 Å². The van der Waals surface area contributed by atoms with E-state index in [1.807, 2.05) is 119 Å². The van der Waals surface area contributed by atoms with E-state index >= 15 is 0 Å². The van der Waals surface area contributed by atoms with Crippen LogP contribution >= 0.6 is 46.6 Å². The van der Waals surface area contributed by atoms with Gasteiger partial charge in [-0.2, -0.15) is 13.2 Å². The van der Waals surface area contributed by atoms with E-state index in [0.717, 1.165) is 121 Å². The minimum atomic E-state index is -5.81. The third-order valence-corrected chi connectivity index (χ3v) is 25.2. The summed E-state index contributed by atoms with van der Waals surface area (Å²) < 4.78 is 106. The maximum absolute atomic E-state index is 14.3. The van der Waals surface area contributed by atoms with Gasteiger partial charge >= 0.3 is 5.51 Å². The summed E-state index contributed by atoms with van der Waals surface area (Å²) in [5.74, 6) is -1.25. The molecule has 1 unspecified atom stereocenters. The highest BCUT2D eigenvalue weighted by Crippen LogP contribution is 2.44. The smallest absolute Gasteiger partial charge is 0.380 e. The number of benzene rings is 5. The molecular formula is C82H106ClF3N10O13S4. The number of hydrogen-bond donors (Lipinski definition) is 5. The maximum Gasteiger partial charge on any atom is 0.501 e. The molecule has 10 rings (SSSR count). The van der Waals surface area contributed by atoms with E-state index in [-0.39, 0.29) is 79.4 Å². The molecular weight excluding hydrogens is 1550 g/mol. The number of thiazole rings is 1. The molecule has 31 heteroatoms. The Balaban J connectivity index is 0.588. The van der Waals surface area contributed by atoms with Crippen molar-refractivity contribution in [3.05, 3.63) is 160 Å². The summed E-state index contributed by atoms with van der Waals surface area (Å²) in [4.78, 5) is 81.7. The highest BCUT2D eigenvalue weighted by atomic mass is 35.5. The molecule has 0 spiro atoms. The predicted octanol–water partition coefficient (Wildman–Crippen LogP) is 12.2. The summed E-state index contributed by atoms with van der Waals surface area (Å²) in [6.45, 7) is 21.3. The summed E-state index contributed by atoms with van der Waals surface area (Å²) >= 11 is 10.2. The fourth-order valence-electron chi connectivity index (χ4n) is 14.0. The lowest BCUT2D eigenvalue weighted by molar-refractivity contribution is -0.144. The van der Waals surface area contributed by atoms with Crippen LogP contribution in [0.2, 0.25) is 5.02 Å². The number of nitrogens with zero attached hydrogens (tertiary/aromatic N) is 5. The number of rotatable bonds is 40. The molecule has 0 bridgehead atoms. The summed E-state index contributed by atoms with van der Waals surface area (Å²) in [6.07, 6.45) is 4.18. The lowest BCUT2D eigenvalue weighted by Crippen LogP contribution is -2.58. The number of alkyl halides is 3. The molecule has 5 N–H and O–H groups in total. The minimum Gasteiger partial charge on any atom is -0.380 e. The van der Waals surface area contributed by atoms with Crippen LogP contribution in [0.4, 0.5) is 24.5 Å². The number of allylic oxidation sites excluding steroid dienone is 1. The van der Waals surface area contributed by atoms with E-state index in [0.29, 0.717) is 94.9 Å². The number of likely N-dealkylation sites (tertiary alicyclic amines) is 1. The van der Waals surface area contributed by atoms with E-state index in [9.17, 15) is 45.6 Å². The number of nitrogens with one attached hydrogen (secondary N) is 5. The number of aryl methyl sites for hydroxylation is 1. The number of carbonyl (C=O) groups excluding carboxylic acids is 5. The van der Waals surface area contributed by atoms with Crippen LogP contribution in [0.5, 0.6) is 0 Å². The first-order valence-corrected chi connectivity index (χ1v) is 43.0. The molecule has 4 heterocycles. The molecule has 5 atom stereocenters. The normalized spacial score (nSPS) is 18.2. The fourth-order valence-corrected chi connectivity index (χ4v) is 17.6. The number of aromatic nitrogens is 1. The van der Waals surface area contributed by atoms with Crippen LogP contribution in [0.15, 0.2) is 147 Å². The molecule has 0 saturated carbocycles. The van der Waals surface area contributed by atoms with Crippen molar-refractivity contribution in [1.82, 2.24) is 40.4 Å². The van der Waals surface area contributed by atoms with Crippen molar-refractivity contribution < 1.29 is 74.0 Å². The summed E-state index contributed by atoms with van der Waals surface area (Å²) in [5.41, 5.74) is 3.14. The Morgan fingerprint density at radius 1 is 0.743 bits per heavy atom. The van der Waals surface area contributed by atoms with Gasteiger partial charge in [0.25, 0.3) is 15.7 Å². The van der Waals surface area contributed by atoms with Crippen molar-refractivity contribution in [3.8, 4) is 10.4 Å². The molecule has 23 nitrogen and oxygen atoms in total. The van der Waals surface area contributed by atoms with Gasteiger partial charge in [-0.05, 0) is 164 Å². The van der Waals surface area contributed by atoms with Crippen molar-refractivity contribution in [1.29, 1.82) is 0 Å². The molecule has 0 radical (unpaired) electrons. The zero-order chi connectivity index (χ0) is 80.6. The summed E-state index contributed by atoms with van der Waals surface area (Å²) in [6, 6.07) is 34.2. The Morgan fingerprint density at radius 2 is 1.38 bits per heavy atom. The van der Waals surface area contributed by atoms with Crippen LogP contribution in [-0.4, -0.2) is 232 Å². The first kappa shape index (κ1) is 88.2. The highest BCUT2D eigenvalue weighted by molar-refractivity contribution is 7.99. The number of thioether (sulfide) groups is 1. The predicted molar refractivity (Wildman–Crippen MR) is 437 cm³/mol. The van der Waals surface area contributed by atoms with Gasteiger partial charge in [-0.3, -0.25) is 38.5 Å². The molecule has 5 aromatic carbocycles. The van der Waals surface area contributed by atoms with Gasteiger partial charge < -0.3 is 59.5 Å². The maximum atomic E-state index is 14.3. The van der Waals surface area contributed by atoms with Gasteiger partial charge in [0.15, 0.2) is 0 Å². The number of sulfone groups is 1. The van der Waals surface area contributed by atoms with Crippen molar-refractivity contribution in [3.63, 3.8) is 0 Å². The monoisotopic (exact) mass is 1660 g/mol. The van der Waals surface area contributed by atoms with Gasteiger partial charge in [0.05, 0.1) is 93.9 Å². The Kier molecular flexibility index (Phi) is 33.3. The van der Waals surface area contributed by atoms with Crippen molar-refractivity contribution in [2.75, 3.05) is 161 Å². The number of morpholine rings is 1. The van der Waals surface area contributed by atoms with Gasteiger partial charge in [-0.1, -0.05) is 99.5 Å². The number of carbonyl (C=O) groups is 5. The van der Waals surface area contributed by atoms with Crippen LogP contribution in [0, 0.1) is 17.8 Å². The topological polar surface area (TPSA) is 261 Å². The minimum absolute atomic E-state index is 0.103. The number of hydrogen-bond acceptors (Lipinski definition) is 21. The Bertz CT molecular complexity index is 4230. The van der Waals surface area contributed by atoms with E-state index < -0.39 is 55.6 Å². The summed E-state index contributed by atoms with van der Waals surface area (Å²) in [5, 5.41) is 12.9. The third kappa shape index (κ3) is 26.4. The van der Waals surface area contributed by atoms with E-state index in [1.54, 1.807) is 28.4 Å². The van der Waals surface area contributed by atoms with Crippen LogP contribution in [0.25, 0.3) is 16.0 Å². The zero-order valence-corrected chi connectivity index (χ0v) is 69.1. The van der Waals surface area contributed by atoms with Crippen molar-refractivity contribution >= 4 is 103 Å². The van der Waals surface area contributed by atoms with Gasteiger partial charge in [0.1, 0.15) is 30.2 Å². The average molecular weight is 1660 g/mol. The van der Waals surface area contributed by atoms with Gasteiger partial charge in [0.2, 0.25) is 23.6 Å². The van der Waals surface area contributed by atoms with Crippen molar-refractivity contribution in [2.24, 2.45) is 10.8 Å². The second kappa shape index (κ2) is 42.6. The molecule has 5 amide bonds. The Hall–Kier alpha value is -7.17. The SMILES string of the molecule is Cc1ncsc1-c1ccc([C@H](C)NC(=O)[C@@H]2CCCN2C(=O)[C@@H](NC(=O)COCCOCCOCCOCCOCC(=O)NCC2(C)CCC(c3ccc(Cl)cc3)=C(CN3CCN(c4ccc(C(=O)NSc5ccc(N[C@H](CCN6CCOCC6)CSc6ccccc6)c(S(=O)(=O)C(F)(F)F)c5)cc4)CC3)C2)C(C)(C)C)cc1. The number of halogens is 4. The van der Waals surface area contributed by atoms with E-state index in [4.69, 9.17) is 40.0 Å². The number of ether oxygens (including phenoxy) is 6. The lowest BCUT2D eigenvalue weighted by Gasteiger charge is -2.41. The van der Waals surface area contributed by atoms with E-state index in [2.05, 4.69) is 64.7 Å². The number of amides is 5. The standard InChI is InChI=1S/C82H106ClF3N10O13S4/c1-57(59-14-16-61(17-15-59)75-58(2)88-56-111-75)89-78(100)71-13-10-31-96(71)79(101)76(80(3,4)5)91-74(98)53-109-48-46-107-44-42-105-41-43-106-45-47-108-52-73(97)87-55-81(6)30-28-69(60-18-22-64(83)23-19-60)63(50-81)51-94-33-35-95(36-34-94)66-24-20-62(21-25-66)77(99)92-112-68-26-27-70(72(49-68)113(102,103)82(84,85)86)90-65(29-32-93-37-39-104-40-38-93)54-110-67-11-8-7-9-12-67/h7-9,11-12,14-27,49,56-57,65,71,76,90H,10,13,28-48,50-55H2,1-6H3,(H,87,97)(H,89,100)(H,91,98)(H,92,99)/t57-,65+,71-,76+,81?/m0/s1. The first-order chi connectivity index (χ1) is 54.2. The van der Waals surface area contributed by atoms with Crippen LogP contribution in [0.3, 0.4) is 0 Å². The Labute approximate surface area is 679 Å². The van der Waals surface area contributed by atoms with Crippen molar-refractivity contribution in [2.45, 2.75) is 124 Å². The molecule has 3 saturated heterocycles. The quantitative estimate of drug-likeness (QED) is 0.0136. The Morgan fingerprint density at radius 3 is 2.01 bits per heavy atom. The molecule has 614 valence electrons. The molecule has 1 aliphatic carbocycles. The third-order valence-electron chi connectivity index (χ3n) is 20.5. The molecule has 4 aliphatic rings. The van der Waals surface area contributed by atoms with Gasteiger partial charge in [0, 0.05) is 103 Å². The average Bonchev–Trinajstić information content (AvgIpc) is 1.15. The van der Waals surface area contributed by atoms with Gasteiger partial charge in [-0.15, -0.1) is 23.1 Å². The lowest BCUT2D eigenvalue weighted by atomic mass is 9.71. The molecule has 3 fully saturated rings. The molecule has 1 aromatic heterocycles. The number of piperazine rings is 1. The number of anilines is 2. The molecule has 3 aliphatic heterocycles. The highest BCUT2D eigenvalue weighted by Gasteiger charge is 2.49. The molecule has 113 heavy (non-hydrogen) atoms. The largest absolute Gasteiger partial charge is 0.501 e. The second-order valence-electron chi connectivity index (χ2n) is 30.1.